The molecule has 0 aromatic heterocycles. The molecule has 15 heavy (non-hydrogen) atoms. The Kier molecular flexibility index (Phi) is 5.03. The van der Waals surface area contributed by atoms with Crippen LogP contribution >= 0.6 is 0 Å². The molecule has 0 amide bonds. The number of hydrogen-bond acceptors (Lipinski definition) is 3. The monoisotopic (exact) mass is 214 g/mol. The zero-order valence-corrected chi connectivity index (χ0v) is 10.7. The smallest absolute Gasteiger partial charge is 0.0628 e. The summed E-state index contributed by atoms with van der Waals surface area (Å²) in [5.74, 6) is 0. The Morgan fingerprint density at radius 1 is 1.33 bits per heavy atom. The number of likely N-dealkylation sites (tertiary alicyclic amines) is 1. The van der Waals surface area contributed by atoms with E-state index in [0.717, 1.165) is 13.2 Å². The van der Waals surface area contributed by atoms with Crippen LogP contribution in [0.4, 0.5) is 0 Å². The van der Waals surface area contributed by atoms with Gasteiger partial charge >= 0.3 is 0 Å². The van der Waals surface area contributed by atoms with Gasteiger partial charge in [-0.1, -0.05) is 13.8 Å². The lowest BCUT2D eigenvalue weighted by Gasteiger charge is -2.38. The van der Waals surface area contributed by atoms with Gasteiger partial charge in [-0.25, -0.2) is 0 Å². The molecular weight excluding hydrogens is 188 g/mol. The summed E-state index contributed by atoms with van der Waals surface area (Å²) < 4.78 is 5.19. The van der Waals surface area contributed by atoms with E-state index in [9.17, 15) is 0 Å². The summed E-state index contributed by atoms with van der Waals surface area (Å²) in [5.41, 5.74) is 0.549. The second kappa shape index (κ2) is 5.83. The average molecular weight is 214 g/mol. The molecule has 1 aliphatic heterocycles. The van der Waals surface area contributed by atoms with Crippen LogP contribution in [0.25, 0.3) is 0 Å². The van der Waals surface area contributed by atoms with Crippen LogP contribution in [0, 0.1) is 5.41 Å². The lowest BCUT2D eigenvalue weighted by molar-refractivity contribution is 0.0986. The molecule has 1 aliphatic rings. The van der Waals surface area contributed by atoms with Crippen molar-refractivity contribution in [3.63, 3.8) is 0 Å². The molecule has 1 saturated heterocycles. The van der Waals surface area contributed by atoms with Crippen LogP contribution in [0.3, 0.4) is 0 Å². The van der Waals surface area contributed by atoms with E-state index in [0.29, 0.717) is 11.5 Å². The fourth-order valence-electron chi connectivity index (χ4n) is 2.08. The van der Waals surface area contributed by atoms with Crippen molar-refractivity contribution in [1.29, 1.82) is 0 Å². The molecular formula is C12H26N2O. The minimum atomic E-state index is 0.469. The van der Waals surface area contributed by atoms with Crippen molar-refractivity contribution >= 4 is 0 Å². The van der Waals surface area contributed by atoms with Gasteiger partial charge in [-0.15, -0.1) is 0 Å². The predicted octanol–water partition coefficient (Wildman–Crippen LogP) is 1.34. The highest BCUT2D eigenvalue weighted by molar-refractivity contribution is 4.80. The maximum absolute atomic E-state index is 5.19. The Balaban J connectivity index is 2.28. The van der Waals surface area contributed by atoms with Gasteiger partial charge < -0.3 is 15.0 Å². The van der Waals surface area contributed by atoms with E-state index in [-0.39, 0.29) is 0 Å². The van der Waals surface area contributed by atoms with Crippen molar-refractivity contribution in [2.45, 2.75) is 32.7 Å². The molecule has 90 valence electrons. The lowest BCUT2D eigenvalue weighted by atomic mass is 9.82. The number of hydrogen-bond donors (Lipinski definition) is 1. The summed E-state index contributed by atoms with van der Waals surface area (Å²) >= 11 is 0. The van der Waals surface area contributed by atoms with E-state index in [1.807, 2.05) is 7.05 Å². The summed E-state index contributed by atoms with van der Waals surface area (Å²) in [5, 5.41) is 3.30. The second-order valence-corrected chi connectivity index (χ2v) is 5.41. The maximum Gasteiger partial charge on any atom is 0.0628 e. The summed E-state index contributed by atoms with van der Waals surface area (Å²) in [4.78, 5) is 2.55. The van der Waals surface area contributed by atoms with Crippen molar-refractivity contribution < 1.29 is 4.74 Å². The molecule has 0 aromatic rings. The van der Waals surface area contributed by atoms with Gasteiger partial charge in [-0.2, -0.15) is 0 Å². The molecule has 0 spiro atoms. The first kappa shape index (κ1) is 12.9. The third-order valence-electron chi connectivity index (χ3n) is 3.46. The SMILES string of the molecule is CNC(COC)CN1CCC(C)(C)CC1. The molecule has 0 aromatic carbocycles. The number of likely N-dealkylation sites (N-methyl/N-ethyl adjacent to an activating group) is 1. The highest BCUT2D eigenvalue weighted by Crippen LogP contribution is 2.29. The van der Waals surface area contributed by atoms with E-state index in [1.165, 1.54) is 25.9 Å². The van der Waals surface area contributed by atoms with Crippen LogP contribution in [-0.4, -0.2) is 51.3 Å². The zero-order chi connectivity index (χ0) is 11.3. The van der Waals surface area contributed by atoms with Crippen LogP contribution in [0.1, 0.15) is 26.7 Å². The Hall–Kier alpha value is -0.120. The molecule has 1 heterocycles. The number of nitrogens with one attached hydrogen (secondary N) is 1. The van der Waals surface area contributed by atoms with E-state index in [2.05, 4.69) is 24.1 Å². The first-order chi connectivity index (χ1) is 7.07. The van der Waals surface area contributed by atoms with Gasteiger partial charge in [0.15, 0.2) is 0 Å². The minimum Gasteiger partial charge on any atom is -0.383 e. The van der Waals surface area contributed by atoms with E-state index in [1.54, 1.807) is 7.11 Å². The van der Waals surface area contributed by atoms with E-state index in [4.69, 9.17) is 4.74 Å². The van der Waals surface area contributed by atoms with Crippen molar-refractivity contribution in [3.05, 3.63) is 0 Å². The molecule has 0 aliphatic carbocycles. The van der Waals surface area contributed by atoms with Gasteiger partial charge in [-0.05, 0) is 38.4 Å². The molecule has 0 radical (unpaired) electrons. The third kappa shape index (κ3) is 4.49. The number of ether oxygens (including phenoxy) is 1. The summed E-state index contributed by atoms with van der Waals surface area (Å²) in [6.45, 7) is 9.12. The Morgan fingerprint density at radius 3 is 2.40 bits per heavy atom. The quantitative estimate of drug-likeness (QED) is 0.747. The van der Waals surface area contributed by atoms with Crippen molar-refractivity contribution in [2.24, 2.45) is 5.41 Å². The summed E-state index contributed by atoms with van der Waals surface area (Å²) in [6, 6.07) is 0.469. The highest BCUT2D eigenvalue weighted by atomic mass is 16.5. The molecule has 1 fully saturated rings. The average Bonchev–Trinajstić information content (AvgIpc) is 2.20. The first-order valence-corrected chi connectivity index (χ1v) is 5.96. The summed E-state index contributed by atoms with van der Waals surface area (Å²) in [7, 11) is 3.78. The number of rotatable bonds is 5. The van der Waals surface area contributed by atoms with Crippen LogP contribution in [0.15, 0.2) is 0 Å². The molecule has 3 nitrogen and oxygen atoms in total. The molecule has 0 saturated carbocycles. The van der Waals surface area contributed by atoms with Crippen molar-refractivity contribution in [3.8, 4) is 0 Å². The van der Waals surface area contributed by atoms with Crippen molar-refractivity contribution in [2.75, 3.05) is 40.4 Å². The van der Waals surface area contributed by atoms with Gasteiger partial charge in [0.1, 0.15) is 0 Å². The molecule has 1 unspecified atom stereocenters. The standard InChI is InChI=1S/C12H26N2O/c1-12(2)5-7-14(8-6-12)9-11(13-3)10-15-4/h11,13H,5-10H2,1-4H3. The van der Waals surface area contributed by atoms with Gasteiger partial charge in [0, 0.05) is 19.7 Å². The van der Waals surface area contributed by atoms with Gasteiger partial charge in [0.2, 0.25) is 0 Å². The largest absolute Gasteiger partial charge is 0.383 e. The lowest BCUT2D eigenvalue weighted by Crippen LogP contribution is -2.46. The molecule has 1 rings (SSSR count). The molecule has 3 heteroatoms. The van der Waals surface area contributed by atoms with Gasteiger partial charge in [0.25, 0.3) is 0 Å². The fourth-order valence-corrected chi connectivity index (χ4v) is 2.08. The second-order valence-electron chi connectivity index (χ2n) is 5.41. The molecule has 0 bridgehead atoms. The van der Waals surface area contributed by atoms with Crippen LogP contribution in [0.5, 0.6) is 0 Å². The number of nitrogens with zero attached hydrogens (tertiary/aromatic N) is 1. The Morgan fingerprint density at radius 2 is 1.93 bits per heavy atom. The normalized spacial score (nSPS) is 24.0. The Labute approximate surface area is 94.2 Å². The Bertz CT molecular complexity index is 172. The van der Waals surface area contributed by atoms with Crippen LogP contribution in [-0.2, 0) is 4.74 Å². The predicted molar refractivity (Wildman–Crippen MR) is 64.2 cm³/mol. The highest BCUT2D eigenvalue weighted by Gasteiger charge is 2.26. The zero-order valence-electron chi connectivity index (χ0n) is 10.7. The van der Waals surface area contributed by atoms with Crippen LogP contribution in [0.2, 0.25) is 0 Å². The van der Waals surface area contributed by atoms with Crippen LogP contribution < -0.4 is 5.32 Å². The van der Waals surface area contributed by atoms with Gasteiger partial charge in [0.05, 0.1) is 6.61 Å². The molecule has 1 atom stereocenters. The number of piperidine rings is 1. The fraction of sp³-hybridized carbons (Fsp3) is 1.00. The van der Waals surface area contributed by atoms with Gasteiger partial charge in [-0.3, -0.25) is 0 Å². The first-order valence-electron chi connectivity index (χ1n) is 5.96. The topological polar surface area (TPSA) is 24.5 Å². The van der Waals surface area contributed by atoms with Crippen molar-refractivity contribution in [1.82, 2.24) is 10.2 Å². The molecule has 1 N–H and O–H groups in total. The third-order valence-corrected chi connectivity index (χ3v) is 3.46. The number of methoxy groups -OCH3 is 1. The maximum atomic E-state index is 5.19. The van der Waals surface area contributed by atoms with E-state index >= 15 is 0 Å². The minimum absolute atomic E-state index is 0.469. The summed E-state index contributed by atoms with van der Waals surface area (Å²) in [6.07, 6.45) is 2.63. The van der Waals surface area contributed by atoms with E-state index < -0.39 is 0 Å².